The summed E-state index contributed by atoms with van der Waals surface area (Å²) in [5, 5.41) is 8.83. The molecule has 4 amide bonds. The molecule has 72 heavy (non-hydrogen) atoms. The number of Topliss-reactive ketones (excluding diaryl/α,β-unsaturated/α-hetero) is 1. The Morgan fingerprint density at radius 2 is 1.11 bits per heavy atom. The van der Waals surface area contributed by atoms with Crippen molar-refractivity contribution in [1.82, 2.24) is 9.80 Å². The van der Waals surface area contributed by atoms with Gasteiger partial charge >= 0.3 is 18.2 Å². The van der Waals surface area contributed by atoms with Crippen molar-refractivity contribution in [1.29, 1.82) is 0 Å². The largest absolute Gasteiger partial charge is 0.490 e. The third-order valence-electron chi connectivity index (χ3n) is 13.0. The number of nitrogens with zero attached hydrogens (tertiary/aromatic N) is 4. The number of rotatable bonds is 18. The molecule has 4 saturated heterocycles. The third kappa shape index (κ3) is 12.9. The number of halogens is 2. The molecule has 6 atom stereocenters. The van der Waals surface area contributed by atoms with Crippen molar-refractivity contribution in [2.24, 2.45) is 0 Å². The number of anilines is 2. The quantitative estimate of drug-likeness (QED) is 0.111. The molecule has 0 aromatic heterocycles. The average Bonchev–Trinajstić information content (AvgIpc) is 4.05. The Labute approximate surface area is 416 Å². The summed E-state index contributed by atoms with van der Waals surface area (Å²) in [5.74, 6) is -3.63. The summed E-state index contributed by atoms with van der Waals surface area (Å²) in [5.41, 5.74) is 0.261. The third-order valence-corrected chi connectivity index (χ3v) is 13.0. The highest BCUT2D eigenvalue weighted by Gasteiger charge is 2.49. The Morgan fingerprint density at radius 1 is 0.667 bits per heavy atom. The van der Waals surface area contributed by atoms with E-state index in [1.54, 1.807) is 9.80 Å². The Morgan fingerprint density at radius 3 is 1.50 bits per heavy atom. The smallest absolute Gasteiger partial charge is 0.416 e. The van der Waals surface area contributed by atoms with Crippen LogP contribution in [0.4, 0.5) is 29.7 Å². The van der Waals surface area contributed by atoms with Crippen LogP contribution in [0.2, 0.25) is 0 Å². The highest BCUT2D eigenvalue weighted by molar-refractivity contribution is 6.06. The van der Waals surface area contributed by atoms with E-state index in [4.69, 9.17) is 43.0 Å². The first-order valence-electron chi connectivity index (χ1n) is 24.7. The van der Waals surface area contributed by atoms with Crippen LogP contribution in [-0.2, 0) is 38.0 Å². The second kappa shape index (κ2) is 25.5. The first-order valence-corrected chi connectivity index (χ1v) is 24.7. The van der Waals surface area contributed by atoms with E-state index in [0.717, 1.165) is 44.2 Å². The Balaban J connectivity index is 0.000000211. The maximum absolute atomic E-state index is 15.1. The van der Waals surface area contributed by atoms with Gasteiger partial charge in [0, 0.05) is 51.3 Å². The molecule has 2 aromatic carbocycles. The number of benzene rings is 2. The molecule has 21 heteroatoms. The Hall–Kier alpha value is -6.16. The normalized spacial score (nSPS) is 23.5. The topological polar surface area (TPSA) is 209 Å². The number of hydrogen-bond donors (Lipinski definition) is 1. The number of carbonyl (C=O) groups is 6. The van der Waals surface area contributed by atoms with Crippen LogP contribution in [0.3, 0.4) is 0 Å². The highest BCUT2D eigenvalue weighted by atomic mass is 19.1. The SMILES string of the molecule is C=CCOC(=O)N1c2cc(OCCCC(=O)O)c(F)cc2C(=O)N2CCC[C@H]2C1OC1CCCCO1.C=CCOC(=O)N1c2cc(OCCCC(C)=O)c(F)cc2C(=O)N2CCC[C@H]2C1OC1CCCCO1. The van der Waals surface area contributed by atoms with Gasteiger partial charge in [-0.3, -0.25) is 14.4 Å². The molecule has 392 valence electrons. The van der Waals surface area contributed by atoms with Crippen LogP contribution < -0.4 is 19.3 Å². The van der Waals surface area contributed by atoms with Crippen molar-refractivity contribution in [3.05, 3.63) is 72.3 Å². The van der Waals surface area contributed by atoms with Crippen LogP contribution in [0.25, 0.3) is 0 Å². The van der Waals surface area contributed by atoms with Crippen molar-refractivity contribution in [3.63, 3.8) is 0 Å². The van der Waals surface area contributed by atoms with Gasteiger partial charge in [-0.1, -0.05) is 25.3 Å². The summed E-state index contributed by atoms with van der Waals surface area (Å²) < 4.78 is 76.1. The van der Waals surface area contributed by atoms with Crippen molar-refractivity contribution in [2.75, 3.05) is 62.5 Å². The summed E-state index contributed by atoms with van der Waals surface area (Å²) in [6.45, 7) is 10.6. The highest BCUT2D eigenvalue weighted by Crippen LogP contribution is 2.42. The summed E-state index contributed by atoms with van der Waals surface area (Å²) >= 11 is 0. The summed E-state index contributed by atoms with van der Waals surface area (Å²) in [7, 11) is 0. The van der Waals surface area contributed by atoms with Crippen LogP contribution >= 0.6 is 0 Å². The first-order chi connectivity index (χ1) is 34.8. The summed E-state index contributed by atoms with van der Waals surface area (Å²) in [6, 6.07) is 3.84. The van der Waals surface area contributed by atoms with E-state index in [-0.39, 0.29) is 85.0 Å². The minimum Gasteiger partial charge on any atom is -0.490 e. The average molecular weight is 1010 g/mol. The van der Waals surface area contributed by atoms with Gasteiger partial charge in [0.25, 0.3) is 11.8 Å². The molecule has 0 spiro atoms. The molecule has 0 bridgehead atoms. The van der Waals surface area contributed by atoms with Crippen molar-refractivity contribution >= 4 is 47.1 Å². The second-order valence-electron chi connectivity index (χ2n) is 18.1. The molecule has 2 aromatic rings. The van der Waals surface area contributed by atoms with Crippen molar-refractivity contribution < 1.29 is 80.5 Å². The predicted molar refractivity (Wildman–Crippen MR) is 254 cm³/mol. The lowest BCUT2D eigenvalue weighted by atomic mass is 10.1. The van der Waals surface area contributed by atoms with Crippen LogP contribution in [-0.4, -0.2) is 141 Å². The van der Waals surface area contributed by atoms with E-state index in [2.05, 4.69) is 13.2 Å². The van der Waals surface area contributed by atoms with E-state index in [1.165, 1.54) is 41.0 Å². The molecule has 19 nitrogen and oxygen atoms in total. The maximum Gasteiger partial charge on any atom is 0.416 e. The van der Waals surface area contributed by atoms with Crippen LogP contribution in [0.1, 0.15) is 118 Å². The minimum atomic E-state index is -0.992. The van der Waals surface area contributed by atoms with Gasteiger partial charge in [-0.05, 0) is 96.1 Å². The number of carbonyl (C=O) groups excluding carboxylic acids is 5. The lowest BCUT2D eigenvalue weighted by Crippen LogP contribution is -2.54. The van der Waals surface area contributed by atoms with E-state index in [1.807, 2.05) is 0 Å². The zero-order valence-electron chi connectivity index (χ0n) is 40.6. The number of amides is 4. The molecule has 6 aliphatic heterocycles. The van der Waals surface area contributed by atoms with Gasteiger partial charge in [0.2, 0.25) is 0 Å². The molecule has 6 aliphatic rings. The number of carboxylic acids is 1. The molecule has 1 N–H and O–H groups in total. The van der Waals surface area contributed by atoms with E-state index in [9.17, 15) is 28.8 Å². The lowest BCUT2D eigenvalue weighted by molar-refractivity contribution is -0.195. The van der Waals surface area contributed by atoms with Gasteiger partial charge in [-0.25, -0.2) is 28.2 Å². The summed E-state index contributed by atoms with van der Waals surface area (Å²) in [4.78, 5) is 81.6. The molecular weight excluding hydrogens is 947 g/mol. The zero-order valence-corrected chi connectivity index (χ0v) is 40.6. The molecule has 4 unspecified atom stereocenters. The van der Waals surface area contributed by atoms with Gasteiger partial charge in [0.15, 0.2) is 48.2 Å². The fourth-order valence-electron chi connectivity index (χ4n) is 9.62. The van der Waals surface area contributed by atoms with E-state index >= 15 is 8.78 Å². The van der Waals surface area contributed by atoms with Gasteiger partial charge in [0.1, 0.15) is 19.0 Å². The van der Waals surface area contributed by atoms with Crippen LogP contribution in [0.5, 0.6) is 11.5 Å². The predicted octanol–water partition coefficient (Wildman–Crippen LogP) is 7.88. The molecule has 0 saturated carbocycles. The molecule has 4 fully saturated rings. The second-order valence-corrected chi connectivity index (χ2v) is 18.1. The van der Waals surface area contributed by atoms with Crippen LogP contribution in [0.15, 0.2) is 49.6 Å². The van der Waals surface area contributed by atoms with E-state index < -0.39 is 72.8 Å². The number of fused-ring (bicyclic) bond motifs is 4. The molecule has 6 heterocycles. The molecule has 0 radical (unpaired) electrons. The van der Waals surface area contributed by atoms with Crippen molar-refractivity contribution in [2.45, 2.75) is 134 Å². The molecule has 8 rings (SSSR count). The molecule has 0 aliphatic carbocycles. The van der Waals surface area contributed by atoms with Gasteiger partial charge in [-0.15, -0.1) is 0 Å². The number of carboxylic acid groups (broad SMARTS) is 1. The number of ketones is 1. The number of ether oxygens (including phenoxy) is 8. The summed E-state index contributed by atoms with van der Waals surface area (Å²) in [6.07, 6.45) is 6.76. The standard InChI is InChI=1S/C26H33FN2O7.C25H31FN2O8/c1-3-12-35-26(32)29-21-16-22(33-14-7-8-17(2)30)19(27)15-18(21)24(31)28-11-6-9-20(28)25(29)36-23-10-4-5-13-34-23;1-2-11-35-25(32)28-19-15-20(33-13-6-8-21(29)30)17(26)14-16(19)23(31)27-10-5-7-18(27)24(28)36-22-9-3-4-12-34-22/h3,15-16,20,23,25H,1,4-14H2,2H3;2,14-15,18,22,24H,1,3-13H2,(H,29,30)/t20-,23?,25?;18-,22?,24?/m00/s1. The van der Waals surface area contributed by atoms with E-state index in [0.29, 0.717) is 71.2 Å². The first kappa shape index (κ1) is 53.6. The number of hydrogen-bond acceptors (Lipinski definition) is 14. The van der Waals surface area contributed by atoms with Gasteiger partial charge in [0.05, 0.1) is 47.8 Å². The van der Waals surface area contributed by atoms with Gasteiger partial charge in [-0.2, -0.15) is 0 Å². The lowest BCUT2D eigenvalue weighted by Gasteiger charge is -2.38. The fourth-order valence-corrected chi connectivity index (χ4v) is 9.62. The molecular formula is C51H64F2N4O15. The zero-order chi connectivity index (χ0) is 51.3. The Kier molecular flexibility index (Phi) is 19.0. The van der Waals surface area contributed by atoms with Crippen molar-refractivity contribution in [3.8, 4) is 11.5 Å². The number of aliphatic carboxylic acids is 1. The minimum absolute atomic E-state index is 0.00764. The monoisotopic (exact) mass is 1010 g/mol. The Bertz CT molecular complexity index is 2150. The van der Waals surface area contributed by atoms with Crippen LogP contribution in [0, 0.1) is 11.6 Å². The maximum atomic E-state index is 15.1. The fraction of sp³-hybridized carbons (Fsp3) is 0.569. The van der Waals surface area contributed by atoms with Gasteiger partial charge < -0.3 is 57.6 Å².